The highest BCUT2D eigenvalue weighted by Crippen LogP contribution is 2.24. The van der Waals surface area contributed by atoms with Crippen LogP contribution in [0.25, 0.3) is 10.9 Å². The largest absolute Gasteiger partial charge is 0.348 e. The number of H-pyrrole nitrogens is 1. The summed E-state index contributed by atoms with van der Waals surface area (Å²) in [6, 6.07) is 3.60. The molecule has 0 spiro atoms. The zero-order chi connectivity index (χ0) is 14.5. The van der Waals surface area contributed by atoms with Crippen LogP contribution in [0.1, 0.15) is 28.5 Å². The second-order valence-corrected chi connectivity index (χ2v) is 5.90. The second kappa shape index (κ2) is 4.31. The number of benzene rings is 1. The van der Waals surface area contributed by atoms with Crippen molar-refractivity contribution in [3.63, 3.8) is 0 Å². The van der Waals surface area contributed by atoms with E-state index in [1.165, 1.54) is 0 Å². The maximum absolute atomic E-state index is 14.2. The molecule has 1 aliphatic rings. The maximum Gasteiger partial charge on any atom is 0.268 e. The predicted molar refractivity (Wildman–Crippen MR) is 76.5 cm³/mol. The van der Waals surface area contributed by atoms with E-state index in [-0.39, 0.29) is 17.3 Å². The summed E-state index contributed by atoms with van der Waals surface area (Å²) in [6.45, 7) is 7.10. The van der Waals surface area contributed by atoms with Crippen LogP contribution < -0.4 is 10.6 Å². The Morgan fingerprint density at radius 1 is 1.35 bits per heavy atom. The summed E-state index contributed by atoms with van der Waals surface area (Å²) in [4.78, 5) is 15.1. The zero-order valence-electron chi connectivity index (χ0n) is 11.9. The standard InChI is InChI=1S/C15H18FN3O/c1-8-4-10-5-11(18-13(10)12(16)9(8)2)14(20)19-15(3)6-17-7-15/h4-5,17-18H,6-7H2,1-3H3,(H,19,20). The molecule has 3 N–H and O–H groups in total. The molecule has 20 heavy (non-hydrogen) atoms. The maximum atomic E-state index is 14.2. The summed E-state index contributed by atoms with van der Waals surface area (Å²) in [5, 5.41) is 6.82. The molecule has 0 saturated carbocycles. The smallest absolute Gasteiger partial charge is 0.268 e. The first-order valence-corrected chi connectivity index (χ1v) is 6.71. The molecule has 2 aromatic rings. The van der Waals surface area contributed by atoms with Gasteiger partial charge in [0.2, 0.25) is 0 Å². The van der Waals surface area contributed by atoms with E-state index in [0.29, 0.717) is 16.8 Å². The molecule has 106 valence electrons. The molecule has 1 fully saturated rings. The van der Waals surface area contributed by atoms with Crippen molar-refractivity contribution in [3.05, 3.63) is 34.8 Å². The number of carbonyl (C=O) groups excluding carboxylic acids is 1. The number of halogens is 1. The Morgan fingerprint density at radius 2 is 2.05 bits per heavy atom. The summed E-state index contributed by atoms with van der Waals surface area (Å²) in [7, 11) is 0. The second-order valence-electron chi connectivity index (χ2n) is 5.90. The molecule has 1 saturated heterocycles. The number of hydrogen-bond acceptors (Lipinski definition) is 2. The van der Waals surface area contributed by atoms with Crippen molar-refractivity contribution in [1.82, 2.24) is 15.6 Å². The Labute approximate surface area is 116 Å². The number of aryl methyl sites for hydroxylation is 1. The van der Waals surface area contributed by atoms with Crippen LogP contribution in [0.4, 0.5) is 4.39 Å². The van der Waals surface area contributed by atoms with E-state index in [0.717, 1.165) is 24.0 Å². The van der Waals surface area contributed by atoms with Crippen LogP contribution in [0.3, 0.4) is 0 Å². The monoisotopic (exact) mass is 275 g/mol. The molecule has 1 aromatic carbocycles. The molecule has 4 nitrogen and oxygen atoms in total. The van der Waals surface area contributed by atoms with E-state index in [9.17, 15) is 9.18 Å². The van der Waals surface area contributed by atoms with Gasteiger partial charge in [0.25, 0.3) is 5.91 Å². The highest BCUT2D eigenvalue weighted by Gasteiger charge is 2.33. The first-order chi connectivity index (χ1) is 9.39. The van der Waals surface area contributed by atoms with Crippen molar-refractivity contribution < 1.29 is 9.18 Å². The van der Waals surface area contributed by atoms with Gasteiger partial charge in [0.15, 0.2) is 0 Å². The van der Waals surface area contributed by atoms with Crippen LogP contribution in [0.5, 0.6) is 0 Å². The number of fused-ring (bicyclic) bond motifs is 1. The quantitative estimate of drug-likeness (QED) is 0.785. The Morgan fingerprint density at radius 3 is 2.65 bits per heavy atom. The number of carbonyl (C=O) groups is 1. The van der Waals surface area contributed by atoms with Crippen LogP contribution in [0.15, 0.2) is 12.1 Å². The fraction of sp³-hybridized carbons (Fsp3) is 0.400. The third-order valence-electron chi connectivity index (χ3n) is 4.05. The van der Waals surface area contributed by atoms with Gasteiger partial charge in [-0.05, 0) is 44.0 Å². The molecule has 3 rings (SSSR count). The predicted octanol–water partition coefficient (Wildman–Crippen LogP) is 2.02. The average Bonchev–Trinajstić information content (AvgIpc) is 2.78. The van der Waals surface area contributed by atoms with Crippen molar-refractivity contribution >= 4 is 16.8 Å². The minimum absolute atomic E-state index is 0.195. The summed E-state index contributed by atoms with van der Waals surface area (Å²) in [5.41, 5.74) is 2.09. The third-order valence-corrected chi connectivity index (χ3v) is 4.05. The average molecular weight is 275 g/mol. The number of aromatic amines is 1. The molecule has 1 aromatic heterocycles. The van der Waals surface area contributed by atoms with Crippen LogP contribution >= 0.6 is 0 Å². The highest BCUT2D eigenvalue weighted by atomic mass is 19.1. The van der Waals surface area contributed by atoms with Gasteiger partial charge in [0, 0.05) is 18.5 Å². The van der Waals surface area contributed by atoms with Crippen molar-refractivity contribution in [2.45, 2.75) is 26.3 Å². The lowest BCUT2D eigenvalue weighted by Crippen LogP contribution is -2.67. The molecule has 0 bridgehead atoms. The van der Waals surface area contributed by atoms with Crippen LogP contribution in [-0.2, 0) is 0 Å². The molecule has 1 aliphatic heterocycles. The van der Waals surface area contributed by atoms with Crippen LogP contribution in [-0.4, -0.2) is 29.5 Å². The van der Waals surface area contributed by atoms with E-state index >= 15 is 0 Å². The van der Waals surface area contributed by atoms with E-state index < -0.39 is 0 Å². The first kappa shape index (κ1) is 13.1. The molecule has 0 unspecified atom stereocenters. The summed E-state index contributed by atoms with van der Waals surface area (Å²) in [6.07, 6.45) is 0. The SMILES string of the molecule is Cc1cc2cc(C(=O)NC3(C)CNC3)[nH]c2c(F)c1C. The van der Waals surface area contributed by atoms with E-state index in [2.05, 4.69) is 15.6 Å². The Kier molecular flexibility index (Phi) is 2.83. The molecule has 2 heterocycles. The van der Waals surface area contributed by atoms with Gasteiger partial charge in [-0.3, -0.25) is 4.79 Å². The molecule has 0 radical (unpaired) electrons. The van der Waals surface area contributed by atoms with Gasteiger partial charge < -0.3 is 15.6 Å². The highest BCUT2D eigenvalue weighted by molar-refractivity contribution is 5.98. The van der Waals surface area contributed by atoms with E-state index in [4.69, 9.17) is 0 Å². The van der Waals surface area contributed by atoms with Crippen molar-refractivity contribution in [2.75, 3.05) is 13.1 Å². The van der Waals surface area contributed by atoms with Gasteiger partial charge in [-0.15, -0.1) is 0 Å². The van der Waals surface area contributed by atoms with E-state index in [1.54, 1.807) is 13.0 Å². The van der Waals surface area contributed by atoms with Crippen molar-refractivity contribution in [3.8, 4) is 0 Å². The van der Waals surface area contributed by atoms with Crippen molar-refractivity contribution in [1.29, 1.82) is 0 Å². The Hall–Kier alpha value is -1.88. The van der Waals surface area contributed by atoms with Gasteiger partial charge in [-0.2, -0.15) is 0 Å². The lowest BCUT2D eigenvalue weighted by atomic mass is 9.95. The molecule has 0 aliphatic carbocycles. The summed E-state index contributed by atoms with van der Waals surface area (Å²) >= 11 is 0. The van der Waals surface area contributed by atoms with Gasteiger partial charge in [0.1, 0.15) is 11.5 Å². The van der Waals surface area contributed by atoms with Gasteiger partial charge in [-0.1, -0.05) is 0 Å². The first-order valence-electron chi connectivity index (χ1n) is 6.71. The topological polar surface area (TPSA) is 56.9 Å². The van der Waals surface area contributed by atoms with Crippen LogP contribution in [0.2, 0.25) is 0 Å². The third kappa shape index (κ3) is 1.98. The lowest BCUT2D eigenvalue weighted by molar-refractivity contribution is 0.0868. The van der Waals surface area contributed by atoms with Crippen molar-refractivity contribution in [2.24, 2.45) is 0 Å². The minimum Gasteiger partial charge on any atom is -0.348 e. The van der Waals surface area contributed by atoms with Gasteiger partial charge >= 0.3 is 0 Å². The Balaban J connectivity index is 1.96. The number of nitrogens with one attached hydrogen (secondary N) is 3. The number of hydrogen-bond donors (Lipinski definition) is 3. The summed E-state index contributed by atoms with van der Waals surface area (Å²) < 4.78 is 14.2. The lowest BCUT2D eigenvalue weighted by Gasteiger charge is -2.39. The molecule has 5 heteroatoms. The molecule has 0 atom stereocenters. The fourth-order valence-electron chi connectivity index (χ4n) is 2.52. The molecule has 1 amide bonds. The molecular formula is C15H18FN3O. The fourth-order valence-corrected chi connectivity index (χ4v) is 2.52. The van der Waals surface area contributed by atoms with Gasteiger partial charge in [0.05, 0.1) is 11.1 Å². The molecular weight excluding hydrogens is 257 g/mol. The zero-order valence-corrected chi connectivity index (χ0v) is 11.9. The number of amides is 1. The number of aromatic nitrogens is 1. The number of rotatable bonds is 2. The normalized spacial score (nSPS) is 17.0. The summed E-state index contributed by atoms with van der Waals surface area (Å²) in [5.74, 6) is -0.476. The van der Waals surface area contributed by atoms with Crippen LogP contribution in [0, 0.1) is 19.7 Å². The Bertz CT molecular complexity index is 701. The van der Waals surface area contributed by atoms with Gasteiger partial charge in [-0.25, -0.2) is 4.39 Å². The minimum atomic E-state index is -0.282. The van der Waals surface area contributed by atoms with E-state index in [1.807, 2.05) is 19.9 Å².